The lowest BCUT2D eigenvalue weighted by atomic mass is 9.92. The van der Waals surface area contributed by atoms with E-state index in [1.807, 2.05) is 67.6 Å². The Bertz CT molecular complexity index is 1310. The van der Waals surface area contributed by atoms with Crippen LogP contribution in [-0.2, 0) is 9.53 Å². The fourth-order valence-corrected chi connectivity index (χ4v) is 3.92. The molecule has 4 rings (SSSR count). The van der Waals surface area contributed by atoms with Crippen LogP contribution in [0.1, 0.15) is 33.1 Å². The van der Waals surface area contributed by atoms with Gasteiger partial charge in [0, 0.05) is 17.5 Å². The van der Waals surface area contributed by atoms with Crippen LogP contribution in [0.25, 0.3) is 32.7 Å². The SMILES string of the molecule is CCCCC(=O)Oc1ccc2ccccc2c1-c1c(OC(=O)OCC)ccc2ccccc12. The van der Waals surface area contributed by atoms with Crippen molar-refractivity contribution < 1.29 is 23.8 Å². The van der Waals surface area contributed by atoms with E-state index in [0.717, 1.165) is 34.4 Å². The van der Waals surface area contributed by atoms with Gasteiger partial charge in [0.25, 0.3) is 0 Å². The average Bonchev–Trinajstić information content (AvgIpc) is 2.83. The third-order valence-corrected chi connectivity index (χ3v) is 5.45. The van der Waals surface area contributed by atoms with E-state index in [1.165, 1.54) is 0 Å². The first kappa shape index (κ1) is 22.3. The molecule has 0 aromatic heterocycles. The Labute approximate surface area is 192 Å². The van der Waals surface area contributed by atoms with Crippen LogP contribution in [0.2, 0.25) is 0 Å². The monoisotopic (exact) mass is 442 g/mol. The quantitative estimate of drug-likeness (QED) is 0.171. The zero-order valence-electron chi connectivity index (χ0n) is 18.8. The van der Waals surface area contributed by atoms with E-state index in [4.69, 9.17) is 14.2 Å². The molecule has 0 radical (unpaired) electrons. The number of hydrogen-bond acceptors (Lipinski definition) is 5. The van der Waals surface area contributed by atoms with Crippen molar-refractivity contribution in [1.82, 2.24) is 0 Å². The fourth-order valence-electron chi connectivity index (χ4n) is 3.92. The molecule has 0 heterocycles. The topological polar surface area (TPSA) is 61.8 Å². The van der Waals surface area contributed by atoms with Gasteiger partial charge < -0.3 is 14.2 Å². The van der Waals surface area contributed by atoms with Gasteiger partial charge in [-0.1, -0.05) is 74.0 Å². The van der Waals surface area contributed by atoms with E-state index < -0.39 is 6.16 Å². The van der Waals surface area contributed by atoms with Gasteiger partial charge >= 0.3 is 12.1 Å². The summed E-state index contributed by atoms with van der Waals surface area (Å²) >= 11 is 0. The van der Waals surface area contributed by atoms with Gasteiger partial charge in [0.1, 0.15) is 11.5 Å². The number of rotatable bonds is 7. The number of esters is 1. The minimum Gasteiger partial charge on any atom is -0.434 e. The lowest BCUT2D eigenvalue weighted by Crippen LogP contribution is -2.11. The molecule has 4 aromatic carbocycles. The van der Waals surface area contributed by atoms with E-state index in [1.54, 1.807) is 19.1 Å². The Morgan fingerprint density at radius 1 is 0.697 bits per heavy atom. The normalized spacial score (nSPS) is 10.8. The van der Waals surface area contributed by atoms with Crippen LogP contribution in [-0.4, -0.2) is 18.7 Å². The van der Waals surface area contributed by atoms with E-state index in [-0.39, 0.29) is 12.6 Å². The molecule has 0 saturated heterocycles. The molecule has 0 aliphatic rings. The summed E-state index contributed by atoms with van der Waals surface area (Å²) in [6, 6.07) is 23.1. The molecule has 0 fully saturated rings. The van der Waals surface area contributed by atoms with Gasteiger partial charge in [0.2, 0.25) is 0 Å². The van der Waals surface area contributed by atoms with Crippen molar-refractivity contribution in [3.8, 4) is 22.6 Å². The lowest BCUT2D eigenvalue weighted by Gasteiger charge is -2.18. The first-order chi connectivity index (χ1) is 16.1. The summed E-state index contributed by atoms with van der Waals surface area (Å²) in [4.78, 5) is 24.8. The first-order valence-corrected chi connectivity index (χ1v) is 11.2. The van der Waals surface area contributed by atoms with Crippen molar-refractivity contribution in [2.75, 3.05) is 6.61 Å². The van der Waals surface area contributed by atoms with E-state index in [9.17, 15) is 9.59 Å². The van der Waals surface area contributed by atoms with Gasteiger partial charge in [-0.25, -0.2) is 4.79 Å². The number of fused-ring (bicyclic) bond motifs is 2. The highest BCUT2D eigenvalue weighted by Crippen LogP contribution is 2.45. The summed E-state index contributed by atoms with van der Waals surface area (Å²) in [5, 5.41) is 3.72. The number of carbonyl (C=O) groups is 2. The highest BCUT2D eigenvalue weighted by atomic mass is 16.7. The summed E-state index contributed by atoms with van der Waals surface area (Å²) in [7, 11) is 0. The predicted molar refractivity (Wildman–Crippen MR) is 130 cm³/mol. The van der Waals surface area contributed by atoms with Gasteiger partial charge in [0.05, 0.1) is 6.61 Å². The second-order valence-corrected chi connectivity index (χ2v) is 7.68. The second kappa shape index (κ2) is 10.2. The van der Waals surface area contributed by atoms with Crippen LogP contribution < -0.4 is 9.47 Å². The molecule has 0 aliphatic heterocycles. The van der Waals surface area contributed by atoms with E-state index >= 15 is 0 Å². The summed E-state index contributed by atoms with van der Waals surface area (Å²) in [5.74, 6) is 0.482. The summed E-state index contributed by atoms with van der Waals surface area (Å²) in [6.07, 6.45) is 1.22. The van der Waals surface area contributed by atoms with Crippen LogP contribution in [0.5, 0.6) is 11.5 Å². The molecule has 0 N–H and O–H groups in total. The third-order valence-electron chi connectivity index (χ3n) is 5.45. The number of carbonyl (C=O) groups excluding carboxylic acids is 2. The maximum atomic E-state index is 12.6. The molecular formula is C28H26O5. The molecule has 0 atom stereocenters. The number of hydrogen-bond donors (Lipinski definition) is 0. The molecule has 5 heteroatoms. The smallest absolute Gasteiger partial charge is 0.434 e. The van der Waals surface area contributed by atoms with Gasteiger partial charge in [-0.3, -0.25) is 4.79 Å². The Balaban J connectivity index is 1.98. The maximum Gasteiger partial charge on any atom is 0.513 e. The van der Waals surface area contributed by atoms with Gasteiger partial charge in [-0.15, -0.1) is 0 Å². The summed E-state index contributed by atoms with van der Waals surface area (Å²) in [6.45, 7) is 3.96. The van der Waals surface area contributed by atoms with E-state index in [2.05, 4.69) is 0 Å². The van der Waals surface area contributed by atoms with Gasteiger partial charge in [0.15, 0.2) is 0 Å². The van der Waals surface area contributed by atoms with Crippen molar-refractivity contribution >= 4 is 33.7 Å². The Morgan fingerprint density at radius 2 is 1.24 bits per heavy atom. The van der Waals surface area contributed by atoms with Crippen molar-refractivity contribution in [2.24, 2.45) is 0 Å². The molecule has 5 nitrogen and oxygen atoms in total. The molecule has 0 unspecified atom stereocenters. The molecule has 0 amide bonds. The molecule has 0 bridgehead atoms. The predicted octanol–water partition coefficient (Wildman–Crippen LogP) is 7.29. The highest BCUT2D eigenvalue weighted by Gasteiger charge is 2.22. The molecule has 33 heavy (non-hydrogen) atoms. The van der Waals surface area contributed by atoms with Crippen LogP contribution in [0.4, 0.5) is 4.79 Å². The number of ether oxygens (including phenoxy) is 3. The molecular weight excluding hydrogens is 416 g/mol. The lowest BCUT2D eigenvalue weighted by molar-refractivity contribution is -0.134. The van der Waals surface area contributed by atoms with Crippen LogP contribution in [0, 0.1) is 0 Å². The van der Waals surface area contributed by atoms with Gasteiger partial charge in [-0.05, 0) is 47.0 Å². The Kier molecular flexibility index (Phi) is 6.89. The molecule has 0 aliphatic carbocycles. The summed E-state index contributed by atoms with van der Waals surface area (Å²) in [5.41, 5.74) is 1.38. The van der Waals surface area contributed by atoms with Crippen molar-refractivity contribution in [3.63, 3.8) is 0 Å². The minimum absolute atomic E-state index is 0.205. The number of unbranched alkanes of at least 4 members (excludes halogenated alkanes) is 1. The van der Waals surface area contributed by atoms with Crippen LogP contribution in [0.15, 0.2) is 72.8 Å². The third kappa shape index (κ3) is 4.82. The molecule has 0 saturated carbocycles. The largest absolute Gasteiger partial charge is 0.513 e. The van der Waals surface area contributed by atoms with Crippen molar-refractivity contribution in [1.29, 1.82) is 0 Å². The average molecular weight is 443 g/mol. The van der Waals surface area contributed by atoms with Crippen LogP contribution in [0.3, 0.4) is 0 Å². The van der Waals surface area contributed by atoms with Crippen LogP contribution >= 0.6 is 0 Å². The Morgan fingerprint density at radius 3 is 1.79 bits per heavy atom. The fraction of sp³-hybridized carbons (Fsp3) is 0.214. The minimum atomic E-state index is -0.782. The standard InChI is InChI=1S/C28H26O5/c1-3-5-14-25(29)32-23-17-15-19-10-6-8-12-21(19)26(23)27-22-13-9-7-11-20(22)16-18-24(27)33-28(30)31-4-2/h6-13,15-18H,3-5,14H2,1-2H3. The molecule has 168 valence electrons. The number of benzene rings is 4. The van der Waals surface area contributed by atoms with Gasteiger partial charge in [-0.2, -0.15) is 0 Å². The summed E-state index contributed by atoms with van der Waals surface area (Å²) < 4.78 is 16.5. The Hall–Kier alpha value is -3.86. The van der Waals surface area contributed by atoms with Crippen molar-refractivity contribution in [2.45, 2.75) is 33.1 Å². The van der Waals surface area contributed by atoms with E-state index in [0.29, 0.717) is 29.0 Å². The molecule has 4 aromatic rings. The maximum absolute atomic E-state index is 12.6. The highest BCUT2D eigenvalue weighted by molar-refractivity contribution is 6.10. The zero-order valence-corrected chi connectivity index (χ0v) is 18.8. The zero-order chi connectivity index (χ0) is 23.2. The van der Waals surface area contributed by atoms with Crippen molar-refractivity contribution in [3.05, 3.63) is 72.8 Å². The first-order valence-electron chi connectivity index (χ1n) is 11.2. The second-order valence-electron chi connectivity index (χ2n) is 7.68. The molecule has 0 spiro atoms.